The first-order valence-corrected chi connectivity index (χ1v) is 23.7. The molecule has 2 atom stereocenters. The zero-order chi connectivity index (χ0) is 49.4. The zero-order valence-corrected chi connectivity index (χ0v) is 40.5. The van der Waals surface area contributed by atoms with Crippen LogP contribution in [0, 0.1) is 5.92 Å². The van der Waals surface area contributed by atoms with Gasteiger partial charge >= 0.3 is 24.0 Å². The molecular weight excluding hydrogens is 893 g/mol. The lowest BCUT2D eigenvalue weighted by atomic mass is 9.85. The fourth-order valence-corrected chi connectivity index (χ4v) is 8.01. The first-order valence-electron chi connectivity index (χ1n) is 23.7. The van der Waals surface area contributed by atoms with E-state index < -0.39 is 11.9 Å². The number of carbonyl (C=O) groups is 4. The maximum atomic E-state index is 12.6. The third-order valence-corrected chi connectivity index (χ3v) is 11.9. The van der Waals surface area contributed by atoms with Gasteiger partial charge in [0, 0.05) is 93.3 Å². The van der Waals surface area contributed by atoms with Crippen LogP contribution in [0.5, 0.6) is 18.0 Å². The second-order valence-electron chi connectivity index (χ2n) is 17.4. The summed E-state index contributed by atoms with van der Waals surface area (Å²) in [5.41, 5.74) is 6.82. The molecule has 0 saturated carbocycles. The highest BCUT2D eigenvalue weighted by molar-refractivity contribution is 5.80. The van der Waals surface area contributed by atoms with Crippen LogP contribution < -0.4 is 24.8 Å². The number of carbonyl (C=O) groups excluding carboxylic acids is 3. The molecule has 18 nitrogen and oxygen atoms in total. The summed E-state index contributed by atoms with van der Waals surface area (Å²) in [5, 5.41) is 15.9. The van der Waals surface area contributed by atoms with Gasteiger partial charge < -0.3 is 30.0 Å². The molecule has 0 saturated heterocycles. The monoisotopic (exact) mass is 963 g/mol. The third kappa shape index (κ3) is 18.5. The molecule has 376 valence electrons. The van der Waals surface area contributed by atoms with Crippen molar-refractivity contribution in [2.45, 2.75) is 129 Å². The predicted octanol–water partition coefficient (Wildman–Crippen LogP) is 8.45. The zero-order valence-electron chi connectivity index (χ0n) is 40.5. The minimum Gasteiger partial charge on any atom is -0.481 e. The first kappa shape index (κ1) is 55.6. The summed E-state index contributed by atoms with van der Waals surface area (Å²) in [7, 11) is 4.48. The summed E-state index contributed by atoms with van der Waals surface area (Å²) < 4.78 is 14.6. The number of ether oxygens (including phenoxy) is 3. The van der Waals surface area contributed by atoms with Gasteiger partial charge in [0.2, 0.25) is 0 Å². The predicted molar refractivity (Wildman–Crippen MR) is 267 cm³/mol. The van der Waals surface area contributed by atoms with Gasteiger partial charge in [-0.3, -0.25) is 19.2 Å². The number of ketones is 2. The van der Waals surface area contributed by atoms with Crippen molar-refractivity contribution in [2.75, 3.05) is 45.1 Å². The summed E-state index contributed by atoms with van der Waals surface area (Å²) in [4.78, 5) is 79.6. The molecule has 2 aliphatic rings. The molecule has 2 aliphatic heterocycles. The summed E-state index contributed by atoms with van der Waals surface area (Å²) in [6.45, 7) is 6.25. The van der Waals surface area contributed by atoms with Crippen LogP contribution in [0.1, 0.15) is 148 Å². The van der Waals surface area contributed by atoms with Crippen LogP contribution in [-0.4, -0.2) is 103 Å². The van der Waals surface area contributed by atoms with E-state index in [2.05, 4.69) is 88.4 Å². The van der Waals surface area contributed by atoms with Gasteiger partial charge in [0.1, 0.15) is 23.2 Å². The van der Waals surface area contributed by atoms with Gasteiger partial charge in [0.15, 0.2) is 6.29 Å². The minimum absolute atomic E-state index is 0. The number of anilines is 2. The maximum absolute atomic E-state index is 12.6. The number of aromatic nitrogens is 8. The van der Waals surface area contributed by atoms with Crippen LogP contribution in [0.4, 0.5) is 11.6 Å². The van der Waals surface area contributed by atoms with Crippen molar-refractivity contribution in [3.63, 3.8) is 0 Å². The van der Waals surface area contributed by atoms with E-state index in [1.807, 2.05) is 0 Å². The Morgan fingerprint density at radius 3 is 1.50 bits per heavy atom. The van der Waals surface area contributed by atoms with Crippen molar-refractivity contribution in [1.29, 1.82) is 0 Å². The number of hydrogen-bond acceptors (Lipinski definition) is 17. The second kappa shape index (κ2) is 29.8. The minimum atomic E-state index is -0.948. The normalized spacial score (nSPS) is 13.1. The first-order chi connectivity index (χ1) is 33.5. The van der Waals surface area contributed by atoms with Crippen molar-refractivity contribution in [1.82, 2.24) is 39.9 Å². The lowest BCUT2D eigenvalue weighted by molar-refractivity contribution is -0.137. The molecule has 2 unspecified atom stereocenters. The molecule has 0 amide bonds. The van der Waals surface area contributed by atoms with E-state index >= 15 is 0 Å². The second-order valence-corrected chi connectivity index (χ2v) is 17.4. The number of pyridine rings is 2. The molecule has 0 aliphatic carbocycles. The number of aldehydes is 1. The highest BCUT2D eigenvalue weighted by atomic mass is 16.5. The molecule has 0 bridgehead atoms. The van der Waals surface area contributed by atoms with E-state index in [1.54, 1.807) is 19.5 Å². The number of Topliss-reactive ketones (excluding diaryl/α,β-unsaturated/α-hetero) is 2. The van der Waals surface area contributed by atoms with E-state index in [0.717, 1.165) is 99.5 Å². The average Bonchev–Trinajstić information content (AvgIpc) is 3.38. The third-order valence-electron chi connectivity index (χ3n) is 11.9. The van der Waals surface area contributed by atoms with Crippen LogP contribution in [0.3, 0.4) is 0 Å². The summed E-state index contributed by atoms with van der Waals surface area (Å²) in [5.74, 6) is 1.51. The number of unbranched alkanes of at least 4 members (excludes halogenated alkanes) is 2. The van der Waals surface area contributed by atoms with E-state index in [0.29, 0.717) is 54.4 Å². The number of nitrogens with one attached hydrogen (secondary N) is 2. The largest absolute Gasteiger partial charge is 0.481 e. The van der Waals surface area contributed by atoms with E-state index in [-0.39, 0.29) is 44.0 Å². The highest BCUT2D eigenvalue weighted by Crippen LogP contribution is 2.29. The van der Waals surface area contributed by atoms with Crippen molar-refractivity contribution in [2.24, 2.45) is 5.92 Å². The highest BCUT2D eigenvalue weighted by Gasteiger charge is 2.22. The Hall–Kier alpha value is -6.98. The summed E-state index contributed by atoms with van der Waals surface area (Å²) in [6, 6.07) is 9.37. The number of aliphatic carboxylic acids is 1. The summed E-state index contributed by atoms with van der Waals surface area (Å²) >= 11 is 0. The molecule has 3 N–H and O–H groups in total. The maximum Gasteiger partial charge on any atom is 0.316 e. The summed E-state index contributed by atoms with van der Waals surface area (Å²) in [6.07, 6.45) is 21.5. The van der Waals surface area contributed by atoms with Gasteiger partial charge in [0.05, 0.1) is 33.3 Å². The Morgan fingerprint density at radius 1 is 0.629 bits per heavy atom. The molecule has 0 fully saturated rings. The number of aryl methyl sites for hydroxylation is 4. The smallest absolute Gasteiger partial charge is 0.316 e. The molecule has 0 spiro atoms. The number of methoxy groups -OCH3 is 3. The molecule has 70 heavy (non-hydrogen) atoms. The Bertz CT molecular complexity index is 2390. The van der Waals surface area contributed by atoms with Gasteiger partial charge in [-0.1, -0.05) is 33.4 Å². The quantitative estimate of drug-likeness (QED) is 0.0410. The van der Waals surface area contributed by atoms with Gasteiger partial charge in [-0.15, -0.1) is 0 Å². The Morgan fingerprint density at radius 2 is 1.07 bits per heavy atom. The number of carboxylic acids is 1. The van der Waals surface area contributed by atoms with Crippen molar-refractivity contribution in [3.05, 3.63) is 101 Å². The van der Waals surface area contributed by atoms with Crippen LogP contribution in [0.25, 0.3) is 0 Å². The SMILES string of the molecule is C.COc1ncc(C(CC(=O)CCCCc2ccc3c(n2)NCCC3)C(C)C)cn1.COc1ncc(C(CC(=O)O)CC(=O)CCCCc2ccc3c(n2)NCCC3)cn1.COc1ncc(C=O)cn1. The van der Waals surface area contributed by atoms with E-state index in [9.17, 15) is 24.3 Å². The molecular formula is C52H70N10O8. The lowest BCUT2D eigenvalue weighted by Crippen LogP contribution is -2.14. The number of fused-ring (bicyclic) bond motifs is 2. The molecule has 0 aromatic carbocycles. The topological polar surface area (TPSA) is 243 Å². The van der Waals surface area contributed by atoms with Crippen molar-refractivity contribution in [3.8, 4) is 18.0 Å². The van der Waals surface area contributed by atoms with E-state index in [1.165, 1.54) is 56.6 Å². The van der Waals surface area contributed by atoms with Gasteiger partial charge in [-0.25, -0.2) is 39.9 Å². The number of carboxylic acid groups (broad SMARTS) is 1. The fraction of sp³-hybridized carbons (Fsp3) is 0.500. The fourth-order valence-electron chi connectivity index (χ4n) is 8.01. The van der Waals surface area contributed by atoms with Gasteiger partial charge in [0.25, 0.3) is 0 Å². The molecule has 7 heterocycles. The van der Waals surface area contributed by atoms with Crippen LogP contribution in [-0.2, 0) is 40.1 Å². The molecule has 0 radical (unpaired) electrons. The average molecular weight is 963 g/mol. The van der Waals surface area contributed by atoms with Gasteiger partial charge in [-0.05, 0) is 110 Å². The number of hydrogen-bond donors (Lipinski definition) is 3. The Balaban J connectivity index is 0.000000252. The molecule has 7 rings (SSSR count). The Labute approximate surface area is 411 Å². The molecule has 5 aromatic rings. The van der Waals surface area contributed by atoms with Crippen LogP contribution in [0.2, 0.25) is 0 Å². The number of rotatable bonds is 23. The van der Waals surface area contributed by atoms with Crippen LogP contribution >= 0.6 is 0 Å². The number of nitrogens with zero attached hydrogens (tertiary/aromatic N) is 8. The standard InChI is InChI=1S/C23H32N4O2.C22H28N4O4.C6H6N2O2.CH4/c1-16(2)21(18-14-25-23(29-3)26-15-18)13-20(28)9-5-4-8-19-11-10-17-7-6-12-24-22(17)27-19;1-30-22-24-13-17(14-25-22)16(12-20(28)29)11-19(27)7-3-2-6-18-9-8-15-5-4-10-23-21(15)26-18;1-10-6-7-2-5(4-9)3-8-6;/h10-11,14-16,21H,4-9,12-13H2,1-3H3,(H,24,27);8-9,13-14,16H,2-7,10-12H2,1H3,(H,23,26)(H,28,29);2-4H,1H3;1H4. The van der Waals surface area contributed by atoms with Crippen molar-refractivity contribution < 1.29 is 38.5 Å². The van der Waals surface area contributed by atoms with Gasteiger partial charge in [-0.2, -0.15) is 0 Å². The van der Waals surface area contributed by atoms with Crippen molar-refractivity contribution >= 4 is 35.5 Å². The molecule has 18 heteroatoms. The van der Waals surface area contributed by atoms with Crippen LogP contribution in [0.15, 0.2) is 61.4 Å². The van der Waals surface area contributed by atoms with E-state index in [4.69, 9.17) is 14.5 Å². The molecule has 5 aromatic heterocycles. The lowest BCUT2D eigenvalue weighted by Gasteiger charge is -2.20. The Kier molecular flexibility index (Phi) is 23.7.